The van der Waals surface area contributed by atoms with Gasteiger partial charge in [0.15, 0.2) is 6.10 Å². The van der Waals surface area contributed by atoms with E-state index in [4.69, 9.17) is 14.5 Å². The van der Waals surface area contributed by atoms with Crippen LogP contribution < -0.4 is 4.74 Å². The van der Waals surface area contributed by atoms with Crippen molar-refractivity contribution in [1.82, 2.24) is 0 Å². The molecule has 3 heteroatoms. The van der Waals surface area contributed by atoms with E-state index in [0.717, 1.165) is 22.4 Å². The average molecular weight is 329 g/mol. The molecule has 2 atom stereocenters. The molecule has 0 aliphatic carbocycles. The quantitative estimate of drug-likeness (QED) is 0.678. The number of methoxy groups -OCH3 is 1. The largest absolute Gasteiger partial charge is 0.496 e. The minimum absolute atomic E-state index is 0.0801. The van der Waals surface area contributed by atoms with Crippen molar-refractivity contribution in [3.05, 3.63) is 102 Å². The zero-order valence-corrected chi connectivity index (χ0v) is 14.0. The number of para-hydroxylation sites is 1. The SMILES string of the molecule is COc1ccccc1C1=NC(c2ccccc2)C(c2ccccc2)O1. The molecule has 1 aliphatic rings. The Bertz CT molecular complexity index is 875. The van der Waals surface area contributed by atoms with Crippen LogP contribution in [0, 0.1) is 0 Å². The molecule has 124 valence electrons. The third-order valence-electron chi connectivity index (χ3n) is 4.39. The number of hydrogen-bond acceptors (Lipinski definition) is 3. The Morgan fingerprint density at radius 3 is 2.04 bits per heavy atom. The van der Waals surface area contributed by atoms with Crippen molar-refractivity contribution in [3.63, 3.8) is 0 Å². The van der Waals surface area contributed by atoms with E-state index in [-0.39, 0.29) is 12.1 Å². The molecule has 2 unspecified atom stereocenters. The molecule has 0 saturated carbocycles. The van der Waals surface area contributed by atoms with Gasteiger partial charge in [0.25, 0.3) is 0 Å². The Kier molecular flexibility index (Phi) is 4.21. The van der Waals surface area contributed by atoms with Gasteiger partial charge >= 0.3 is 0 Å². The van der Waals surface area contributed by atoms with Crippen molar-refractivity contribution in [1.29, 1.82) is 0 Å². The molecule has 0 N–H and O–H groups in total. The van der Waals surface area contributed by atoms with Crippen LogP contribution in [-0.2, 0) is 4.74 Å². The van der Waals surface area contributed by atoms with Crippen molar-refractivity contribution >= 4 is 5.90 Å². The summed E-state index contributed by atoms with van der Waals surface area (Å²) in [5.74, 6) is 1.39. The van der Waals surface area contributed by atoms with Gasteiger partial charge in [0, 0.05) is 0 Å². The van der Waals surface area contributed by atoms with Crippen LogP contribution in [0.5, 0.6) is 5.75 Å². The van der Waals surface area contributed by atoms with Crippen molar-refractivity contribution < 1.29 is 9.47 Å². The van der Waals surface area contributed by atoms with E-state index in [1.165, 1.54) is 0 Å². The Morgan fingerprint density at radius 2 is 1.36 bits per heavy atom. The molecule has 1 aliphatic heterocycles. The Morgan fingerprint density at radius 1 is 0.760 bits per heavy atom. The van der Waals surface area contributed by atoms with Gasteiger partial charge in [-0.1, -0.05) is 72.8 Å². The number of nitrogens with zero attached hydrogens (tertiary/aromatic N) is 1. The van der Waals surface area contributed by atoms with Gasteiger partial charge in [-0.25, -0.2) is 4.99 Å². The fraction of sp³-hybridized carbons (Fsp3) is 0.136. The topological polar surface area (TPSA) is 30.8 Å². The molecule has 0 aromatic heterocycles. The lowest BCUT2D eigenvalue weighted by Gasteiger charge is -2.18. The molecule has 0 radical (unpaired) electrons. The standard InChI is InChI=1S/C22H19NO2/c1-24-19-15-9-8-14-18(19)22-23-20(16-10-4-2-5-11-16)21(25-22)17-12-6-3-7-13-17/h2-15,20-21H,1H3. The summed E-state index contributed by atoms with van der Waals surface area (Å²) in [6.07, 6.45) is -0.150. The average Bonchev–Trinajstić information content (AvgIpc) is 3.14. The Labute approximate surface area is 147 Å². The monoisotopic (exact) mass is 329 g/mol. The lowest BCUT2D eigenvalue weighted by atomic mass is 9.97. The normalized spacial score (nSPS) is 19.2. The lowest BCUT2D eigenvalue weighted by molar-refractivity contribution is 0.196. The summed E-state index contributed by atoms with van der Waals surface area (Å²) in [5, 5.41) is 0. The van der Waals surface area contributed by atoms with E-state index in [1.54, 1.807) is 7.11 Å². The van der Waals surface area contributed by atoms with Crippen LogP contribution in [0.3, 0.4) is 0 Å². The summed E-state index contributed by atoms with van der Waals surface area (Å²) < 4.78 is 11.8. The fourth-order valence-corrected chi connectivity index (χ4v) is 3.16. The summed E-state index contributed by atoms with van der Waals surface area (Å²) in [6.45, 7) is 0. The van der Waals surface area contributed by atoms with Crippen LogP contribution >= 0.6 is 0 Å². The van der Waals surface area contributed by atoms with Crippen molar-refractivity contribution in [2.75, 3.05) is 7.11 Å². The van der Waals surface area contributed by atoms with Gasteiger partial charge in [0.1, 0.15) is 11.8 Å². The van der Waals surface area contributed by atoms with Gasteiger partial charge in [-0.05, 0) is 23.3 Å². The van der Waals surface area contributed by atoms with Gasteiger partial charge in [0.05, 0.1) is 12.7 Å². The minimum atomic E-state index is -0.150. The predicted octanol–water partition coefficient (Wildman–Crippen LogP) is 4.95. The molecular weight excluding hydrogens is 310 g/mol. The predicted molar refractivity (Wildman–Crippen MR) is 99.0 cm³/mol. The smallest absolute Gasteiger partial charge is 0.221 e. The molecule has 25 heavy (non-hydrogen) atoms. The summed E-state index contributed by atoms with van der Waals surface area (Å²) in [5.41, 5.74) is 3.13. The number of benzene rings is 3. The van der Waals surface area contributed by atoms with Gasteiger partial charge in [-0.15, -0.1) is 0 Å². The van der Waals surface area contributed by atoms with E-state index in [9.17, 15) is 0 Å². The maximum absolute atomic E-state index is 6.31. The molecule has 3 aromatic rings. The highest BCUT2D eigenvalue weighted by molar-refractivity contribution is 5.98. The Hall–Kier alpha value is -3.07. The van der Waals surface area contributed by atoms with E-state index in [1.807, 2.05) is 60.7 Å². The third-order valence-corrected chi connectivity index (χ3v) is 4.39. The van der Waals surface area contributed by atoms with Crippen molar-refractivity contribution in [2.45, 2.75) is 12.1 Å². The van der Waals surface area contributed by atoms with E-state index in [0.29, 0.717) is 5.90 Å². The first-order valence-electron chi connectivity index (χ1n) is 8.34. The molecule has 1 heterocycles. The molecule has 0 saturated heterocycles. The third kappa shape index (κ3) is 3.01. The van der Waals surface area contributed by atoms with E-state index < -0.39 is 0 Å². The van der Waals surface area contributed by atoms with E-state index >= 15 is 0 Å². The molecule has 0 amide bonds. The first-order valence-corrected chi connectivity index (χ1v) is 8.34. The second-order valence-corrected chi connectivity index (χ2v) is 5.94. The van der Waals surface area contributed by atoms with Gasteiger partial charge < -0.3 is 9.47 Å². The number of ether oxygens (including phenoxy) is 2. The molecule has 0 bridgehead atoms. The lowest BCUT2D eigenvalue weighted by Crippen LogP contribution is -2.09. The summed E-state index contributed by atoms with van der Waals surface area (Å²) in [6, 6.07) is 28.3. The maximum Gasteiger partial charge on any atom is 0.221 e. The van der Waals surface area contributed by atoms with Gasteiger partial charge in [0.2, 0.25) is 5.90 Å². The van der Waals surface area contributed by atoms with Crippen LogP contribution in [-0.4, -0.2) is 13.0 Å². The van der Waals surface area contributed by atoms with Crippen molar-refractivity contribution in [2.24, 2.45) is 4.99 Å². The fourth-order valence-electron chi connectivity index (χ4n) is 3.16. The van der Waals surface area contributed by atoms with Gasteiger partial charge in [-0.2, -0.15) is 0 Å². The highest BCUT2D eigenvalue weighted by Crippen LogP contribution is 2.41. The molecule has 3 aromatic carbocycles. The van der Waals surface area contributed by atoms with Crippen LogP contribution in [0.25, 0.3) is 0 Å². The molecule has 4 rings (SSSR count). The van der Waals surface area contributed by atoms with Crippen LogP contribution in [0.2, 0.25) is 0 Å². The molecule has 0 fully saturated rings. The zero-order valence-electron chi connectivity index (χ0n) is 14.0. The summed E-state index contributed by atoms with van der Waals surface area (Å²) >= 11 is 0. The zero-order chi connectivity index (χ0) is 17.1. The van der Waals surface area contributed by atoms with Crippen LogP contribution in [0.1, 0.15) is 28.8 Å². The second kappa shape index (κ2) is 6.81. The van der Waals surface area contributed by atoms with Gasteiger partial charge in [-0.3, -0.25) is 0 Å². The number of rotatable bonds is 4. The molecule has 3 nitrogen and oxygen atoms in total. The maximum atomic E-state index is 6.31. The highest BCUT2D eigenvalue weighted by atomic mass is 16.5. The minimum Gasteiger partial charge on any atom is -0.496 e. The van der Waals surface area contributed by atoms with Crippen molar-refractivity contribution in [3.8, 4) is 5.75 Å². The number of hydrogen-bond donors (Lipinski definition) is 0. The number of aliphatic imine (C=N–C) groups is 1. The molecular formula is C22H19NO2. The van der Waals surface area contributed by atoms with E-state index in [2.05, 4.69) is 24.3 Å². The summed E-state index contributed by atoms with van der Waals surface area (Å²) in [7, 11) is 1.66. The summed E-state index contributed by atoms with van der Waals surface area (Å²) in [4.78, 5) is 4.91. The Balaban J connectivity index is 1.77. The first-order chi connectivity index (χ1) is 12.4. The molecule has 0 spiro atoms. The first kappa shape index (κ1) is 15.5. The highest BCUT2D eigenvalue weighted by Gasteiger charge is 2.34. The van der Waals surface area contributed by atoms with Crippen LogP contribution in [0.4, 0.5) is 0 Å². The van der Waals surface area contributed by atoms with Crippen LogP contribution in [0.15, 0.2) is 89.9 Å². The second-order valence-electron chi connectivity index (χ2n) is 5.94.